The maximum atomic E-state index is 14.3. The van der Waals surface area contributed by atoms with Crippen LogP contribution in [0, 0.1) is 6.92 Å². The van der Waals surface area contributed by atoms with Crippen LogP contribution < -0.4 is 26.2 Å². The fourth-order valence-corrected chi connectivity index (χ4v) is 8.19. The van der Waals surface area contributed by atoms with Crippen molar-refractivity contribution >= 4 is 80.8 Å². The molecule has 1 unspecified atom stereocenters. The average molecular weight is 838 g/mol. The molecule has 0 saturated carbocycles. The van der Waals surface area contributed by atoms with E-state index in [0.717, 1.165) is 17.0 Å². The predicted octanol–water partition coefficient (Wildman–Crippen LogP) is 9.43. The minimum absolute atomic E-state index is 0.0292. The molecular formula is C47H43N5O6S2. The number of ether oxygens (including phenoxy) is 1. The lowest BCUT2D eigenvalue weighted by molar-refractivity contribution is -0.116. The summed E-state index contributed by atoms with van der Waals surface area (Å²) >= 11 is 2.23. The van der Waals surface area contributed by atoms with E-state index in [4.69, 9.17) is 4.74 Å². The number of carbonyl (C=O) groups is 5. The van der Waals surface area contributed by atoms with Crippen LogP contribution in [0.1, 0.15) is 59.3 Å². The molecular weight excluding hydrogens is 795 g/mol. The second-order valence-corrected chi connectivity index (χ2v) is 15.7. The van der Waals surface area contributed by atoms with Gasteiger partial charge in [0, 0.05) is 41.6 Å². The van der Waals surface area contributed by atoms with Crippen molar-refractivity contribution in [3.63, 3.8) is 0 Å². The van der Waals surface area contributed by atoms with Crippen molar-refractivity contribution in [1.29, 1.82) is 0 Å². The number of thioether (sulfide) groups is 1. The number of rotatable bonds is 15. The molecule has 0 fully saturated rings. The molecule has 0 saturated heterocycles. The van der Waals surface area contributed by atoms with Crippen LogP contribution >= 0.6 is 23.1 Å². The Morgan fingerprint density at radius 1 is 0.733 bits per heavy atom. The SMILES string of the molecule is CCOC(=O)c1c(NC(=O)C(Sc2cccc(NC(=O)/C(=C\c3ccc(N(C)C)cc3)NC(=O)c3ccccc3)c2)c2ccccc2)sc(C(=O)Nc2ccccc2)c1C. The second-order valence-electron chi connectivity index (χ2n) is 13.5. The van der Waals surface area contributed by atoms with Crippen LogP contribution in [0.3, 0.4) is 0 Å². The number of amides is 4. The normalized spacial score (nSPS) is 11.5. The van der Waals surface area contributed by atoms with Crippen molar-refractivity contribution in [2.45, 2.75) is 24.0 Å². The number of nitrogens with zero attached hydrogens (tertiary/aromatic N) is 1. The second kappa shape index (κ2) is 20.1. The number of hydrogen-bond acceptors (Lipinski definition) is 9. The fraction of sp³-hybridized carbons (Fsp3) is 0.128. The van der Waals surface area contributed by atoms with Crippen molar-refractivity contribution in [2.75, 3.05) is 41.6 Å². The Morgan fingerprint density at radius 2 is 1.37 bits per heavy atom. The van der Waals surface area contributed by atoms with Gasteiger partial charge in [-0.2, -0.15) is 0 Å². The minimum atomic E-state index is -0.832. The molecule has 13 heteroatoms. The molecule has 6 rings (SSSR count). The Kier molecular flexibility index (Phi) is 14.3. The maximum absolute atomic E-state index is 14.3. The molecule has 0 radical (unpaired) electrons. The van der Waals surface area contributed by atoms with Gasteiger partial charge in [0.05, 0.1) is 17.0 Å². The summed E-state index contributed by atoms with van der Waals surface area (Å²) in [4.78, 5) is 71.0. The van der Waals surface area contributed by atoms with E-state index in [9.17, 15) is 24.0 Å². The van der Waals surface area contributed by atoms with E-state index in [2.05, 4.69) is 21.3 Å². The molecule has 0 spiro atoms. The molecule has 11 nitrogen and oxygen atoms in total. The summed E-state index contributed by atoms with van der Waals surface area (Å²) < 4.78 is 5.35. The van der Waals surface area contributed by atoms with Crippen LogP contribution in [0.2, 0.25) is 0 Å². The van der Waals surface area contributed by atoms with Crippen molar-refractivity contribution < 1.29 is 28.7 Å². The van der Waals surface area contributed by atoms with E-state index < -0.39 is 34.8 Å². The fourth-order valence-electron chi connectivity index (χ4n) is 6.01. The summed E-state index contributed by atoms with van der Waals surface area (Å²) in [6.45, 7) is 3.43. The Bertz CT molecular complexity index is 2510. The molecule has 6 aromatic rings. The molecule has 0 aliphatic rings. The van der Waals surface area contributed by atoms with E-state index in [1.165, 1.54) is 11.8 Å². The third kappa shape index (κ3) is 10.9. The van der Waals surface area contributed by atoms with Crippen molar-refractivity contribution in [2.24, 2.45) is 0 Å². The van der Waals surface area contributed by atoms with Gasteiger partial charge in [-0.1, -0.05) is 84.9 Å². The monoisotopic (exact) mass is 837 g/mol. The summed E-state index contributed by atoms with van der Waals surface area (Å²) in [6, 6.07) is 41.3. The number of thiophene rings is 1. The summed E-state index contributed by atoms with van der Waals surface area (Å²) in [5.41, 5.74) is 4.27. The molecule has 0 bridgehead atoms. The Labute approximate surface area is 356 Å². The van der Waals surface area contributed by atoms with E-state index in [-0.39, 0.29) is 27.7 Å². The van der Waals surface area contributed by atoms with Crippen molar-refractivity contribution in [3.05, 3.63) is 178 Å². The zero-order valence-electron chi connectivity index (χ0n) is 33.4. The standard InChI is InChI=1S/C47H43N5O6S2/c1-5-58-47(57)39-30(2)40(44(55)48-34-20-13-8-14-21-34)60-46(39)51-45(56)41(32-16-9-6-10-17-32)59-37-23-15-22-35(29-37)49-43(54)38(50-42(53)33-18-11-7-12-19-33)28-31-24-26-36(27-25-31)52(3)4/h6-29,41H,5H2,1-4H3,(H,48,55)(H,49,54)(H,50,53)(H,51,56)/b38-28+. The van der Waals surface area contributed by atoms with E-state index in [0.29, 0.717) is 38.5 Å². The van der Waals surface area contributed by atoms with E-state index in [1.807, 2.05) is 85.7 Å². The highest BCUT2D eigenvalue weighted by molar-refractivity contribution is 8.00. The molecule has 5 aromatic carbocycles. The van der Waals surface area contributed by atoms with Crippen molar-refractivity contribution in [3.8, 4) is 0 Å². The van der Waals surface area contributed by atoms with Gasteiger partial charge in [-0.25, -0.2) is 4.79 Å². The van der Waals surface area contributed by atoms with Crippen LogP contribution in [-0.2, 0) is 14.3 Å². The topological polar surface area (TPSA) is 146 Å². The smallest absolute Gasteiger partial charge is 0.341 e. The number of esters is 1. The number of hydrogen-bond donors (Lipinski definition) is 4. The summed E-state index contributed by atoms with van der Waals surface area (Å²) in [7, 11) is 3.87. The zero-order chi connectivity index (χ0) is 42.6. The first-order valence-corrected chi connectivity index (χ1v) is 20.7. The molecule has 1 aromatic heterocycles. The Balaban J connectivity index is 1.26. The summed E-state index contributed by atoms with van der Waals surface area (Å²) in [6.07, 6.45) is 1.61. The quantitative estimate of drug-likeness (QED) is 0.0455. The number of anilines is 4. The average Bonchev–Trinajstić information content (AvgIpc) is 3.58. The number of carbonyl (C=O) groups excluding carboxylic acids is 5. The largest absolute Gasteiger partial charge is 0.462 e. The summed E-state index contributed by atoms with van der Waals surface area (Å²) in [5, 5.41) is 10.8. The lowest BCUT2D eigenvalue weighted by Crippen LogP contribution is -2.30. The van der Waals surface area contributed by atoms with Gasteiger partial charge in [0.2, 0.25) is 5.91 Å². The van der Waals surface area contributed by atoms with Crippen molar-refractivity contribution in [1.82, 2.24) is 5.32 Å². The highest BCUT2D eigenvalue weighted by Gasteiger charge is 2.30. The maximum Gasteiger partial charge on any atom is 0.341 e. The third-order valence-electron chi connectivity index (χ3n) is 9.04. The van der Waals surface area contributed by atoms with Gasteiger partial charge in [-0.15, -0.1) is 23.1 Å². The number of para-hydroxylation sites is 1. The summed E-state index contributed by atoms with van der Waals surface area (Å²) in [5.74, 6) is -2.54. The Morgan fingerprint density at radius 3 is 2.02 bits per heavy atom. The van der Waals surface area contributed by atoms with Gasteiger partial charge in [0.25, 0.3) is 17.7 Å². The van der Waals surface area contributed by atoms with Gasteiger partial charge >= 0.3 is 5.97 Å². The van der Waals surface area contributed by atoms with E-state index >= 15 is 0 Å². The molecule has 4 amide bonds. The molecule has 4 N–H and O–H groups in total. The van der Waals surface area contributed by atoms with Gasteiger partial charge in [-0.05, 0) is 91.2 Å². The lowest BCUT2D eigenvalue weighted by Gasteiger charge is -2.18. The predicted molar refractivity (Wildman–Crippen MR) is 241 cm³/mol. The molecule has 0 aliphatic heterocycles. The van der Waals surface area contributed by atoms with Crippen LogP contribution in [0.5, 0.6) is 0 Å². The molecule has 1 heterocycles. The first kappa shape index (κ1) is 42.6. The van der Waals surface area contributed by atoms with E-state index in [1.54, 1.807) is 92.7 Å². The molecule has 60 heavy (non-hydrogen) atoms. The lowest BCUT2D eigenvalue weighted by atomic mass is 10.1. The van der Waals surface area contributed by atoms with Crippen LogP contribution in [0.4, 0.5) is 22.1 Å². The van der Waals surface area contributed by atoms with Gasteiger partial charge in [0.1, 0.15) is 15.9 Å². The minimum Gasteiger partial charge on any atom is -0.462 e. The van der Waals surface area contributed by atoms with Gasteiger partial charge < -0.3 is 30.9 Å². The molecule has 304 valence electrons. The number of benzene rings is 5. The highest BCUT2D eigenvalue weighted by Crippen LogP contribution is 2.40. The van der Waals surface area contributed by atoms with Gasteiger partial charge in [0.15, 0.2) is 0 Å². The third-order valence-corrected chi connectivity index (χ3v) is 11.5. The van der Waals surface area contributed by atoms with Gasteiger partial charge in [-0.3, -0.25) is 19.2 Å². The van der Waals surface area contributed by atoms with Crippen LogP contribution in [0.25, 0.3) is 6.08 Å². The first-order chi connectivity index (χ1) is 29.0. The molecule has 1 atom stereocenters. The Hall–Kier alpha value is -6.96. The zero-order valence-corrected chi connectivity index (χ0v) is 35.0. The molecule has 0 aliphatic carbocycles. The van der Waals surface area contributed by atoms with Crippen LogP contribution in [-0.4, -0.2) is 50.3 Å². The highest BCUT2D eigenvalue weighted by atomic mass is 32.2. The first-order valence-electron chi connectivity index (χ1n) is 19.0. The van der Waals surface area contributed by atoms with Crippen LogP contribution in [0.15, 0.2) is 150 Å². The number of nitrogens with one attached hydrogen (secondary N) is 4.